The fourth-order valence-electron chi connectivity index (χ4n) is 3.20. The van der Waals surface area contributed by atoms with Crippen LogP contribution in [0.25, 0.3) is 10.9 Å². The third kappa shape index (κ3) is 2.67. The van der Waals surface area contributed by atoms with Gasteiger partial charge in [0, 0.05) is 35.7 Å². The first-order valence-electron chi connectivity index (χ1n) is 7.25. The van der Waals surface area contributed by atoms with E-state index in [1.54, 1.807) is 0 Å². The van der Waals surface area contributed by atoms with Crippen molar-refractivity contribution in [3.05, 3.63) is 36.0 Å². The van der Waals surface area contributed by atoms with Crippen molar-refractivity contribution in [2.45, 2.75) is 44.3 Å². The number of H-pyrrole nitrogens is 1. The first-order valence-corrected chi connectivity index (χ1v) is 7.25. The summed E-state index contributed by atoms with van der Waals surface area (Å²) >= 11 is 0. The number of aromatic amines is 1. The molecule has 0 radical (unpaired) electrons. The highest BCUT2D eigenvalue weighted by Gasteiger charge is 2.22. The molecular formula is C16H23N3. The van der Waals surface area contributed by atoms with Crippen molar-refractivity contribution in [2.24, 2.45) is 5.73 Å². The zero-order valence-electron chi connectivity index (χ0n) is 11.6. The number of nitrogens with two attached hydrogens (primary N) is 1. The van der Waals surface area contributed by atoms with Gasteiger partial charge in [-0.15, -0.1) is 0 Å². The molecule has 0 aliphatic heterocycles. The Morgan fingerprint density at radius 1 is 1.21 bits per heavy atom. The monoisotopic (exact) mass is 257 g/mol. The van der Waals surface area contributed by atoms with Crippen molar-refractivity contribution in [1.82, 2.24) is 9.88 Å². The zero-order chi connectivity index (χ0) is 13.2. The van der Waals surface area contributed by atoms with E-state index >= 15 is 0 Å². The minimum Gasteiger partial charge on any atom is -0.361 e. The Kier molecular flexibility index (Phi) is 3.58. The molecule has 1 saturated carbocycles. The molecule has 0 spiro atoms. The van der Waals surface area contributed by atoms with Crippen molar-refractivity contribution >= 4 is 10.9 Å². The van der Waals surface area contributed by atoms with E-state index in [1.807, 2.05) is 0 Å². The molecule has 1 aliphatic carbocycles. The van der Waals surface area contributed by atoms with Crippen LogP contribution in [-0.4, -0.2) is 29.0 Å². The molecule has 1 aromatic carbocycles. The second kappa shape index (κ2) is 5.35. The van der Waals surface area contributed by atoms with Crippen molar-refractivity contribution in [1.29, 1.82) is 0 Å². The van der Waals surface area contributed by atoms with E-state index in [-0.39, 0.29) is 0 Å². The second-order valence-corrected chi connectivity index (χ2v) is 5.84. The number of para-hydroxylation sites is 1. The van der Waals surface area contributed by atoms with Gasteiger partial charge in [0.05, 0.1) is 0 Å². The number of hydrogen-bond donors (Lipinski definition) is 2. The lowest BCUT2D eigenvalue weighted by atomic mass is 9.91. The highest BCUT2D eigenvalue weighted by atomic mass is 15.1. The van der Waals surface area contributed by atoms with Gasteiger partial charge in [0.25, 0.3) is 0 Å². The minimum absolute atomic E-state index is 0.428. The lowest BCUT2D eigenvalue weighted by Gasteiger charge is -2.33. The third-order valence-electron chi connectivity index (χ3n) is 4.46. The third-order valence-corrected chi connectivity index (χ3v) is 4.46. The molecule has 1 aromatic heterocycles. The number of nitrogens with zero attached hydrogens (tertiary/aromatic N) is 1. The van der Waals surface area contributed by atoms with Gasteiger partial charge in [0.2, 0.25) is 0 Å². The number of rotatable bonds is 3. The van der Waals surface area contributed by atoms with Gasteiger partial charge < -0.3 is 10.7 Å². The summed E-state index contributed by atoms with van der Waals surface area (Å²) in [6.07, 6.45) is 6.96. The van der Waals surface area contributed by atoms with Gasteiger partial charge in [-0.1, -0.05) is 18.2 Å². The minimum atomic E-state index is 0.428. The Balaban J connectivity index is 1.70. The SMILES string of the molecule is CN(Cc1c[nH]c2ccccc12)C1CCC(N)CC1. The van der Waals surface area contributed by atoms with Crippen LogP contribution < -0.4 is 5.73 Å². The number of hydrogen-bond acceptors (Lipinski definition) is 2. The van der Waals surface area contributed by atoms with Gasteiger partial charge in [-0.3, -0.25) is 4.90 Å². The van der Waals surface area contributed by atoms with E-state index in [2.05, 4.69) is 47.4 Å². The van der Waals surface area contributed by atoms with E-state index < -0.39 is 0 Å². The van der Waals surface area contributed by atoms with Crippen LogP contribution in [0.1, 0.15) is 31.2 Å². The van der Waals surface area contributed by atoms with Gasteiger partial charge in [0.15, 0.2) is 0 Å². The van der Waals surface area contributed by atoms with E-state index in [0.29, 0.717) is 12.1 Å². The van der Waals surface area contributed by atoms with E-state index in [4.69, 9.17) is 5.73 Å². The molecule has 1 heterocycles. The van der Waals surface area contributed by atoms with Gasteiger partial charge in [-0.25, -0.2) is 0 Å². The summed E-state index contributed by atoms with van der Waals surface area (Å²) < 4.78 is 0. The highest BCUT2D eigenvalue weighted by molar-refractivity contribution is 5.82. The molecule has 2 aromatic rings. The number of nitrogens with one attached hydrogen (secondary N) is 1. The summed E-state index contributed by atoms with van der Waals surface area (Å²) in [5.74, 6) is 0. The molecule has 1 fully saturated rings. The molecule has 3 nitrogen and oxygen atoms in total. The van der Waals surface area contributed by atoms with Crippen LogP contribution in [0.15, 0.2) is 30.5 Å². The second-order valence-electron chi connectivity index (χ2n) is 5.84. The van der Waals surface area contributed by atoms with Crippen molar-refractivity contribution in [2.75, 3.05) is 7.05 Å². The largest absolute Gasteiger partial charge is 0.361 e. The van der Waals surface area contributed by atoms with Crippen LogP contribution >= 0.6 is 0 Å². The van der Waals surface area contributed by atoms with Crippen LogP contribution in [0.2, 0.25) is 0 Å². The zero-order valence-corrected chi connectivity index (χ0v) is 11.6. The van der Waals surface area contributed by atoms with Gasteiger partial charge >= 0.3 is 0 Å². The van der Waals surface area contributed by atoms with Gasteiger partial charge in [-0.05, 0) is 44.4 Å². The smallest absolute Gasteiger partial charge is 0.0457 e. The molecule has 0 unspecified atom stereocenters. The Labute approximate surface area is 114 Å². The van der Waals surface area contributed by atoms with Crippen LogP contribution in [0.3, 0.4) is 0 Å². The van der Waals surface area contributed by atoms with Crippen molar-refractivity contribution in [3.63, 3.8) is 0 Å². The van der Waals surface area contributed by atoms with Crippen molar-refractivity contribution in [3.8, 4) is 0 Å². The number of fused-ring (bicyclic) bond motifs is 1. The summed E-state index contributed by atoms with van der Waals surface area (Å²) in [6.45, 7) is 1.02. The topological polar surface area (TPSA) is 45.0 Å². The van der Waals surface area contributed by atoms with Gasteiger partial charge in [-0.2, -0.15) is 0 Å². The molecule has 3 N–H and O–H groups in total. The molecule has 0 bridgehead atoms. The molecule has 1 aliphatic rings. The van der Waals surface area contributed by atoms with Crippen LogP contribution in [-0.2, 0) is 6.54 Å². The standard InChI is InChI=1S/C16H23N3/c1-19(14-8-6-13(17)7-9-14)11-12-10-18-16-5-3-2-4-15(12)16/h2-5,10,13-14,18H,6-9,11,17H2,1H3. The van der Waals surface area contributed by atoms with Crippen molar-refractivity contribution < 1.29 is 0 Å². The van der Waals surface area contributed by atoms with Crippen LogP contribution in [0.5, 0.6) is 0 Å². The summed E-state index contributed by atoms with van der Waals surface area (Å²) in [6, 6.07) is 9.64. The Hall–Kier alpha value is -1.32. The summed E-state index contributed by atoms with van der Waals surface area (Å²) in [5, 5.41) is 1.35. The quantitative estimate of drug-likeness (QED) is 0.888. The van der Waals surface area contributed by atoms with E-state index in [1.165, 1.54) is 42.1 Å². The predicted octanol–water partition coefficient (Wildman–Crippen LogP) is 2.87. The fourth-order valence-corrected chi connectivity index (χ4v) is 3.20. The average molecular weight is 257 g/mol. The molecular weight excluding hydrogens is 234 g/mol. The first kappa shape index (κ1) is 12.7. The van der Waals surface area contributed by atoms with E-state index in [9.17, 15) is 0 Å². The number of benzene rings is 1. The summed E-state index contributed by atoms with van der Waals surface area (Å²) in [4.78, 5) is 5.84. The molecule has 0 saturated heterocycles. The molecule has 3 heteroatoms. The molecule has 0 atom stereocenters. The highest BCUT2D eigenvalue weighted by Crippen LogP contribution is 2.24. The molecule has 0 amide bonds. The first-order chi connectivity index (χ1) is 9.24. The summed E-state index contributed by atoms with van der Waals surface area (Å²) in [5.41, 5.74) is 8.61. The van der Waals surface area contributed by atoms with Crippen LogP contribution in [0, 0.1) is 0 Å². The molecule has 102 valence electrons. The predicted molar refractivity (Wildman–Crippen MR) is 80.0 cm³/mol. The lowest BCUT2D eigenvalue weighted by Crippen LogP contribution is -2.38. The lowest BCUT2D eigenvalue weighted by molar-refractivity contribution is 0.177. The maximum atomic E-state index is 5.98. The Morgan fingerprint density at radius 2 is 1.95 bits per heavy atom. The van der Waals surface area contributed by atoms with Crippen LogP contribution in [0.4, 0.5) is 0 Å². The molecule has 3 rings (SSSR count). The van der Waals surface area contributed by atoms with E-state index in [0.717, 1.165) is 6.54 Å². The number of aromatic nitrogens is 1. The fraction of sp³-hybridized carbons (Fsp3) is 0.500. The molecule has 19 heavy (non-hydrogen) atoms. The van der Waals surface area contributed by atoms with Gasteiger partial charge in [0.1, 0.15) is 0 Å². The maximum absolute atomic E-state index is 5.98. The maximum Gasteiger partial charge on any atom is 0.0457 e. The Morgan fingerprint density at radius 3 is 2.74 bits per heavy atom. The Bertz CT molecular complexity index is 538. The normalized spacial score (nSPS) is 24.2. The summed E-state index contributed by atoms with van der Waals surface area (Å²) in [7, 11) is 2.24. The average Bonchev–Trinajstić information content (AvgIpc) is 2.83.